The molecular formula is C21H20ClN5O2. The summed E-state index contributed by atoms with van der Waals surface area (Å²) in [7, 11) is 0. The first kappa shape index (κ1) is 19.1. The largest absolute Gasteiger partial charge is 0.383 e. The zero-order valence-electron chi connectivity index (χ0n) is 16.1. The van der Waals surface area contributed by atoms with Gasteiger partial charge in [0.1, 0.15) is 11.5 Å². The van der Waals surface area contributed by atoms with Crippen molar-refractivity contribution in [2.75, 3.05) is 17.2 Å². The molecule has 3 heterocycles. The van der Waals surface area contributed by atoms with E-state index in [1.165, 1.54) is 6.20 Å². The van der Waals surface area contributed by atoms with E-state index < -0.39 is 0 Å². The third kappa shape index (κ3) is 3.38. The number of halogens is 1. The highest BCUT2D eigenvalue weighted by Crippen LogP contribution is 2.30. The first-order chi connectivity index (χ1) is 13.9. The Kier molecular flexibility index (Phi) is 4.84. The maximum absolute atomic E-state index is 13.3. The summed E-state index contributed by atoms with van der Waals surface area (Å²) in [6.07, 6.45) is 3.15. The third-order valence-electron chi connectivity index (χ3n) is 5.13. The summed E-state index contributed by atoms with van der Waals surface area (Å²) >= 11 is 6.13. The van der Waals surface area contributed by atoms with Crippen molar-refractivity contribution >= 4 is 34.8 Å². The maximum Gasteiger partial charge on any atom is 0.276 e. The maximum atomic E-state index is 13.3. The number of benzene rings is 1. The van der Waals surface area contributed by atoms with Gasteiger partial charge in [0, 0.05) is 35.4 Å². The molecule has 1 amide bonds. The number of amides is 1. The number of rotatable bonds is 4. The van der Waals surface area contributed by atoms with Crippen molar-refractivity contribution in [1.29, 1.82) is 0 Å². The molecule has 1 aliphatic rings. The predicted molar refractivity (Wildman–Crippen MR) is 111 cm³/mol. The lowest BCUT2D eigenvalue weighted by molar-refractivity contribution is 0.0951. The summed E-state index contributed by atoms with van der Waals surface area (Å²) in [5.41, 5.74) is 8.83. The highest BCUT2D eigenvalue weighted by Gasteiger charge is 2.34. The van der Waals surface area contributed by atoms with E-state index in [0.29, 0.717) is 28.4 Å². The summed E-state index contributed by atoms with van der Waals surface area (Å²) in [4.78, 5) is 31.7. The lowest BCUT2D eigenvalue weighted by Crippen LogP contribution is -2.43. The van der Waals surface area contributed by atoms with E-state index in [9.17, 15) is 9.59 Å². The van der Waals surface area contributed by atoms with Crippen molar-refractivity contribution < 1.29 is 9.59 Å². The SMILES string of the molecule is Cc1cc(N2C[C@H](C)n3ncc(CC(=O)c4cccnc4N)c3C2=O)ccc1Cl. The number of hydrogen-bond acceptors (Lipinski definition) is 5. The summed E-state index contributed by atoms with van der Waals surface area (Å²) in [6.45, 7) is 4.37. The molecule has 0 aliphatic carbocycles. The van der Waals surface area contributed by atoms with Gasteiger partial charge in [0.15, 0.2) is 5.78 Å². The van der Waals surface area contributed by atoms with Gasteiger partial charge in [0.2, 0.25) is 0 Å². The van der Waals surface area contributed by atoms with Crippen molar-refractivity contribution in [3.63, 3.8) is 0 Å². The standard InChI is InChI=1S/C21H20ClN5O2/c1-12-8-15(5-6-17(12)22)26-11-13(2)27-19(21(26)29)14(10-25-27)9-18(28)16-4-3-7-24-20(16)23/h3-8,10,13H,9,11H2,1-2H3,(H2,23,24)/t13-/m0/s1. The lowest BCUT2D eigenvalue weighted by Gasteiger charge is -2.32. The molecule has 1 aromatic carbocycles. The molecule has 4 rings (SSSR count). The van der Waals surface area contributed by atoms with Crippen LogP contribution in [0.1, 0.15) is 44.9 Å². The molecule has 0 bridgehead atoms. The molecule has 1 atom stereocenters. The molecule has 2 aromatic heterocycles. The van der Waals surface area contributed by atoms with Gasteiger partial charge >= 0.3 is 0 Å². The Morgan fingerprint density at radius 1 is 1.34 bits per heavy atom. The number of carbonyl (C=O) groups is 2. The van der Waals surface area contributed by atoms with Crippen molar-refractivity contribution in [3.8, 4) is 0 Å². The van der Waals surface area contributed by atoms with Crippen LogP contribution in [0.3, 0.4) is 0 Å². The third-order valence-corrected chi connectivity index (χ3v) is 5.55. The minimum atomic E-state index is -0.202. The van der Waals surface area contributed by atoms with Gasteiger partial charge in [0.25, 0.3) is 5.91 Å². The van der Waals surface area contributed by atoms with Gasteiger partial charge in [-0.15, -0.1) is 0 Å². The number of aryl methyl sites for hydroxylation is 1. The zero-order chi connectivity index (χ0) is 20.7. The average molecular weight is 410 g/mol. The molecule has 2 N–H and O–H groups in total. The van der Waals surface area contributed by atoms with Gasteiger partial charge in [-0.3, -0.25) is 14.3 Å². The Bertz CT molecular complexity index is 1120. The summed E-state index contributed by atoms with van der Waals surface area (Å²) < 4.78 is 1.69. The van der Waals surface area contributed by atoms with Gasteiger partial charge in [0.05, 0.1) is 17.8 Å². The fraction of sp³-hybridized carbons (Fsp3) is 0.238. The Balaban J connectivity index is 1.68. The number of ketones is 1. The molecule has 1 aliphatic heterocycles. The van der Waals surface area contributed by atoms with Crippen LogP contribution in [-0.2, 0) is 6.42 Å². The molecule has 0 radical (unpaired) electrons. The lowest BCUT2D eigenvalue weighted by atomic mass is 10.0. The Hall–Kier alpha value is -3.19. The summed E-state index contributed by atoms with van der Waals surface area (Å²) in [6, 6.07) is 8.76. The zero-order valence-corrected chi connectivity index (χ0v) is 16.8. The molecule has 0 unspecified atom stereocenters. The molecule has 7 nitrogen and oxygen atoms in total. The number of nitrogen functional groups attached to an aromatic ring is 1. The molecule has 0 fully saturated rings. The second-order valence-electron chi connectivity index (χ2n) is 7.20. The first-order valence-electron chi connectivity index (χ1n) is 9.25. The van der Waals surface area contributed by atoms with Gasteiger partial charge in [-0.05, 0) is 49.7 Å². The Morgan fingerprint density at radius 3 is 2.86 bits per heavy atom. The Morgan fingerprint density at radius 2 is 2.14 bits per heavy atom. The fourth-order valence-electron chi connectivity index (χ4n) is 3.59. The monoisotopic (exact) mass is 409 g/mol. The number of pyridine rings is 1. The minimum Gasteiger partial charge on any atom is -0.383 e. The van der Waals surface area contributed by atoms with Crippen LogP contribution in [0.25, 0.3) is 0 Å². The fourth-order valence-corrected chi connectivity index (χ4v) is 3.71. The molecule has 148 valence electrons. The smallest absolute Gasteiger partial charge is 0.276 e. The molecule has 29 heavy (non-hydrogen) atoms. The van der Waals surface area contributed by atoms with Crippen LogP contribution in [0.4, 0.5) is 11.5 Å². The van der Waals surface area contributed by atoms with E-state index in [1.54, 1.807) is 34.0 Å². The quantitative estimate of drug-likeness (QED) is 0.666. The number of anilines is 2. The van der Waals surface area contributed by atoms with Crippen molar-refractivity contribution in [2.24, 2.45) is 0 Å². The molecule has 0 saturated heterocycles. The van der Waals surface area contributed by atoms with Crippen LogP contribution in [0.5, 0.6) is 0 Å². The molecule has 0 spiro atoms. The highest BCUT2D eigenvalue weighted by atomic mass is 35.5. The summed E-state index contributed by atoms with van der Waals surface area (Å²) in [5.74, 6) is -0.216. The number of nitrogens with zero attached hydrogens (tertiary/aromatic N) is 4. The van der Waals surface area contributed by atoms with Gasteiger partial charge in [-0.25, -0.2) is 4.98 Å². The number of nitrogens with two attached hydrogens (primary N) is 1. The predicted octanol–water partition coefficient (Wildman–Crippen LogP) is 3.47. The molecular weight excluding hydrogens is 390 g/mol. The van der Waals surface area contributed by atoms with Crippen LogP contribution in [0, 0.1) is 6.92 Å². The van der Waals surface area contributed by atoms with Gasteiger partial charge in [-0.1, -0.05) is 11.6 Å². The van der Waals surface area contributed by atoms with E-state index in [2.05, 4.69) is 10.1 Å². The highest BCUT2D eigenvalue weighted by molar-refractivity contribution is 6.31. The molecule has 8 heteroatoms. The first-order valence-corrected chi connectivity index (χ1v) is 9.62. The topological polar surface area (TPSA) is 94.1 Å². The van der Waals surface area contributed by atoms with Crippen LogP contribution >= 0.6 is 11.6 Å². The number of carbonyl (C=O) groups excluding carboxylic acids is 2. The molecule has 3 aromatic rings. The van der Waals surface area contributed by atoms with Crippen molar-refractivity contribution in [3.05, 3.63) is 70.1 Å². The minimum absolute atomic E-state index is 0.0250. The van der Waals surface area contributed by atoms with Gasteiger partial charge < -0.3 is 10.6 Å². The van der Waals surface area contributed by atoms with Crippen LogP contribution in [-0.4, -0.2) is 33.0 Å². The van der Waals surface area contributed by atoms with Crippen molar-refractivity contribution in [1.82, 2.24) is 14.8 Å². The number of aromatic nitrogens is 3. The Labute approximate surface area is 173 Å². The number of hydrogen-bond donors (Lipinski definition) is 1. The van der Waals surface area contributed by atoms with Crippen LogP contribution < -0.4 is 10.6 Å². The van der Waals surface area contributed by atoms with E-state index in [0.717, 1.165) is 11.3 Å². The van der Waals surface area contributed by atoms with Crippen molar-refractivity contribution in [2.45, 2.75) is 26.3 Å². The normalized spacial score (nSPS) is 16.0. The average Bonchev–Trinajstić information content (AvgIpc) is 3.11. The van der Waals surface area contributed by atoms with Crippen LogP contribution in [0.2, 0.25) is 5.02 Å². The second kappa shape index (κ2) is 7.33. The van der Waals surface area contributed by atoms with E-state index in [1.807, 2.05) is 26.0 Å². The van der Waals surface area contributed by atoms with E-state index >= 15 is 0 Å². The second-order valence-corrected chi connectivity index (χ2v) is 7.60. The number of fused-ring (bicyclic) bond motifs is 1. The van der Waals surface area contributed by atoms with Gasteiger partial charge in [-0.2, -0.15) is 5.10 Å². The summed E-state index contributed by atoms with van der Waals surface area (Å²) in [5, 5.41) is 5.02. The number of Topliss-reactive ketones (excluding diaryl/α,β-unsaturated/α-hetero) is 1. The molecule has 0 saturated carbocycles. The van der Waals surface area contributed by atoms with Crippen LogP contribution in [0.15, 0.2) is 42.7 Å². The van der Waals surface area contributed by atoms with E-state index in [-0.39, 0.29) is 30.0 Å². The van der Waals surface area contributed by atoms with E-state index in [4.69, 9.17) is 17.3 Å².